The molecule has 100 valence electrons. The van der Waals surface area contributed by atoms with Gasteiger partial charge in [0.2, 0.25) is 5.76 Å². The molecule has 0 unspecified atom stereocenters. The van der Waals surface area contributed by atoms with Crippen molar-refractivity contribution in [2.45, 2.75) is 26.2 Å². The average molecular weight is 258 g/mol. The van der Waals surface area contributed by atoms with Crippen LogP contribution in [0.1, 0.15) is 41.1 Å². The maximum atomic E-state index is 11.9. The Balaban J connectivity index is 1.95. The molecule has 19 heavy (non-hydrogen) atoms. The molecule has 0 saturated carbocycles. The van der Waals surface area contributed by atoms with E-state index in [1.54, 1.807) is 13.0 Å². The summed E-state index contributed by atoms with van der Waals surface area (Å²) in [5.41, 5.74) is 1.94. The van der Waals surface area contributed by atoms with Crippen LogP contribution >= 0.6 is 0 Å². The Morgan fingerprint density at radius 1 is 1.37 bits per heavy atom. The minimum atomic E-state index is -0.213. The van der Waals surface area contributed by atoms with Gasteiger partial charge in [-0.3, -0.25) is 4.79 Å². The summed E-state index contributed by atoms with van der Waals surface area (Å²) in [5, 5.41) is 6.60. The van der Waals surface area contributed by atoms with Gasteiger partial charge in [-0.25, -0.2) is 0 Å². The third kappa shape index (κ3) is 3.44. The number of aryl methyl sites for hydroxylation is 1. The first-order valence-electron chi connectivity index (χ1n) is 6.47. The number of carbonyl (C=O) groups excluding carboxylic acids is 1. The minimum absolute atomic E-state index is 0.213. The van der Waals surface area contributed by atoms with Crippen LogP contribution in [0.15, 0.2) is 40.9 Å². The highest BCUT2D eigenvalue weighted by atomic mass is 16.5. The first-order chi connectivity index (χ1) is 9.20. The Hall–Kier alpha value is -2.10. The monoisotopic (exact) mass is 258 g/mol. The van der Waals surface area contributed by atoms with Gasteiger partial charge in [0.05, 0.1) is 5.69 Å². The number of nitrogens with one attached hydrogen (secondary N) is 1. The summed E-state index contributed by atoms with van der Waals surface area (Å²) in [6.45, 7) is 4.50. The van der Waals surface area contributed by atoms with Crippen molar-refractivity contribution >= 4 is 5.91 Å². The number of rotatable bonds is 5. The first kappa shape index (κ1) is 13.3. The lowest BCUT2D eigenvalue weighted by Gasteiger charge is -2.15. The van der Waals surface area contributed by atoms with Crippen LogP contribution in [0.5, 0.6) is 0 Å². The molecule has 0 spiro atoms. The zero-order valence-corrected chi connectivity index (χ0v) is 11.2. The number of carbonyl (C=O) groups is 1. The van der Waals surface area contributed by atoms with E-state index in [1.807, 2.05) is 18.2 Å². The van der Waals surface area contributed by atoms with Gasteiger partial charge < -0.3 is 9.84 Å². The van der Waals surface area contributed by atoms with E-state index in [9.17, 15) is 4.79 Å². The largest absolute Gasteiger partial charge is 0.351 e. The van der Waals surface area contributed by atoms with Crippen molar-refractivity contribution in [2.24, 2.45) is 0 Å². The summed E-state index contributed by atoms with van der Waals surface area (Å²) in [7, 11) is 0. The van der Waals surface area contributed by atoms with Crippen LogP contribution in [-0.4, -0.2) is 17.6 Å². The normalized spacial score (nSPS) is 12.1. The van der Waals surface area contributed by atoms with E-state index in [2.05, 4.69) is 29.5 Å². The second kappa shape index (κ2) is 6.18. The van der Waals surface area contributed by atoms with Crippen LogP contribution < -0.4 is 5.32 Å². The van der Waals surface area contributed by atoms with Gasteiger partial charge in [-0.15, -0.1) is 0 Å². The molecule has 1 aromatic heterocycles. The number of amides is 1. The lowest BCUT2D eigenvalue weighted by molar-refractivity contribution is 0.0914. The van der Waals surface area contributed by atoms with Gasteiger partial charge in [-0.05, 0) is 18.9 Å². The number of hydrogen-bond donors (Lipinski definition) is 1. The number of benzene rings is 1. The highest BCUT2D eigenvalue weighted by Crippen LogP contribution is 2.18. The lowest BCUT2D eigenvalue weighted by Crippen LogP contribution is -2.28. The predicted molar refractivity (Wildman–Crippen MR) is 73.0 cm³/mol. The predicted octanol–water partition coefficient (Wildman–Crippen LogP) is 2.91. The Morgan fingerprint density at radius 2 is 2.11 bits per heavy atom. The molecule has 4 heteroatoms. The topological polar surface area (TPSA) is 55.1 Å². The van der Waals surface area contributed by atoms with E-state index in [4.69, 9.17) is 4.52 Å². The summed E-state index contributed by atoms with van der Waals surface area (Å²) in [5.74, 6) is 0.365. The molecule has 0 fully saturated rings. The number of aromatic nitrogens is 1. The van der Waals surface area contributed by atoms with Crippen molar-refractivity contribution in [3.8, 4) is 0 Å². The van der Waals surface area contributed by atoms with Crippen molar-refractivity contribution < 1.29 is 9.32 Å². The number of nitrogens with zero attached hydrogens (tertiary/aromatic N) is 1. The smallest absolute Gasteiger partial charge is 0.289 e. The van der Waals surface area contributed by atoms with Crippen LogP contribution in [0, 0.1) is 6.92 Å². The first-order valence-corrected chi connectivity index (χ1v) is 6.47. The fourth-order valence-electron chi connectivity index (χ4n) is 2.00. The van der Waals surface area contributed by atoms with E-state index in [0.29, 0.717) is 18.2 Å². The molecule has 1 amide bonds. The van der Waals surface area contributed by atoms with Crippen LogP contribution in [0.3, 0.4) is 0 Å². The average Bonchev–Trinajstić information content (AvgIpc) is 2.87. The van der Waals surface area contributed by atoms with Crippen LogP contribution in [0.4, 0.5) is 0 Å². The quantitative estimate of drug-likeness (QED) is 0.897. The molecule has 2 aromatic rings. The highest BCUT2D eigenvalue weighted by Gasteiger charge is 2.14. The molecule has 1 heterocycles. The summed E-state index contributed by atoms with van der Waals surface area (Å²) in [6, 6.07) is 11.8. The second-order valence-electron chi connectivity index (χ2n) is 4.56. The molecule has 1 N–H and O–H groups in total. The molecule has 4 nitrogen and oxygen atoms in total. The zero-order chi connectivity index (χ0) is 13.7. The molecule has 0 bridgehead atoms. The van der Waals surface area contributed by atoms with Crippen molar-refractivity contribution in [1.82, 2.24) is 10.5 Å². The van der Waals surface area contributed by atoms with Gasteiger partial charge in [0.25, 0.3) is 5.91 Å². The van der Waals surface area contributed by atoms with Crippen molar-refractivity contribution in [3.05, 3.63) is 53.4 Å². The molecule has 0 aliphatic rings. The lowest BCUT2D eigenvalue weighted by atomic mass is 9.96. The highest BCUT2D eigenvalue weighted by molar-refractivity contribution is 5.91. The van der Waals surface area contributed by atoms with Crippen LogP contribution in [0.2, 0.25) is 0 Å². The van der Waals surface area contributed by atoms with Crippen molar-refractivity contribution in [2.75, 3.05) is 6.54 Å². The maximum Gasteiger partial charge on any atom is 0.289 e. The molecule has 0 saturated heterocycles. The maximum absolute atomic E-state index is 11.9. The minimum Gasteiger partial charge on any atom is -0.351 e. The molecule has 0 aliphatic carbocycles. The molecular formula is C15H18N2O2. The summed E-state index contributed by atoms with van der Waals surface area (Å²) in [6.07, 6.45) is 0.972. The van der Waals surface area contributed by atoms with Crippen molar-refractivity contribution in [3.63, 3.8) is 0 Å². The fourth-order valence-corrected chi connectivity index (χ4v) is 2.00. The molecular weight excluding hydrogens is 240 g/mol. The third-order valence-electron chi connectivity index (χ3n) is 3.12. The third-order valence-corrected chi connectivity index (χ3v) is 3.12. The van der Waals surface area contributed by atoms with Crippen LogP contribution in [0.25, 0.3) is 0 Å². The molecule has 0 radical (unpaired) electrons. The van der Waals surface area contributed by atoms with Gasteiger partial charge in [-0.2, -0.15) is 0 Å². The van der Waals surface area contributed by atoms with Gasteiger partial charge in [0.1, 0.15) is 0 Å². The summed E-state index contributed by atoms with van der Waals surface area (Å²) >= 11 is 0. The van der Waals surface area contributed by atoms with E-state index in [1.165, 1.54) is 5.56 Å². The van der Waals surface area contributed by atoms with Crippen molar-refractivity contribution in [1.29, 1.82) is 0 Å². The van der Waals surface area contributed by atoms with Gasteiger partial charge >= 0.3 is 0 Å². The second-order valence-corrected chi connectivity index (χ2v) is 4.56. The summed E-state index contributed by atoms with van der Waals surface area (Å²) in [4.78, 5) is 11.9. The van der Waals surface area contributed by atoms with Gasteiger partial charge in [-0.1, -0.05) is 42.4 Å². The number of hydrogen-bond acceptors (Lipinski definition) is 3. The zero-order valence-electron chi connectivity index (χ0n) is 11.2. The molecule has 1 atom stereocenters. The fraction of sp³-hybridized carbons (Fsp3) is 0.333. The van der Waals surface area contributed by atoms with Crippen LogP contribution in [-0.2, 0) is 0 Å². The van der Waals surface area contributed by atoms with Gasteiger partial charge in [0.15, 0.2) is 0 Å². The Bertz CT molecular complexity index is 534. The van der Waals surface area contributed by atoms with E-state index >= 15 is 0 Å². The van der Waals surface area contributed by atoms with E-state index in [-0.39, 0.29) is 11.7 Å². The molecule has 2 rings (SSSR count). The van der Waals surface area contributed by atoms with Gasteiger partial charge in [0, 0.05) is 18.5 Å². The summed E-state index contributed by atoms with van der Waals surface area (Å²) < 4.78 is 4.94. The Morgan fingerprint density at radius 3 is 2.68 bits per heavy atom. The molecule has 1 aromatic carbocycles. The Kier molecular flexibility index (Phi) is 4.34. The molecule has 0 aliphatic heterocycles. The van der Waals surface area contributed by atoms with E-state index < -0.39 is 0 Å². The SMILES string of the molecule is CC[C@@H](CNC(=O)c1cc(C)no1)c1ccccc1. The standard InChI is InChI=1S/C15H18N2O2/c1-3-12(13-7-5-4-6-8-13)10-16-15(18)14-9-11(2)17-19-14/h4-9,12H,3,10H2,1-2H3,(H,16,18)/t12-/m0/s1. The Labute approximate surface area is 112 Å². The van der Waals surface area contributed by atoms with E-state index in [0.717, 1.165) is 6.42 Å².